The lowest BCUT2D eigenvalue weighted by Gasteiger charge is -2.16. The number of hydrogen-bond acceptors (Lipinski definition) is 4. The van der Waals surface area contributed by atoms with Crippen LogP contribution in [0.2, 0.25) is 0 Å². The van der Waals surface area contributed by atoms with Crippen molar-refractivity contribution in [1.29, 1.82) is 0 Å². The van der Waals surface area contributed by atoms with E-state index in [0.717, 1.165) is 27.9 Å². The van der Waals surface area contributed by atoms with E-state index < -0.39 is 0 Å². The molecule has 3 aromatic carbocycles. The van der Waals surface area contributed by atoms with Crippen LogP contribution in [0, 0.1) is 5.92 Å². The summed E-state index contributed by atoms with van der Waals surface area (Å²) in [6.07, 6.45) is 3.91. The summed E-state index contributed by atoms with van der Waals surface area (Å²) in [6, 6.07) is 24.6. The van der Waals surface area contributed by atoms with Gasteiger partial charge in [-0.15, -0.1) is 0 Å². The molecule has 0 atom stereocenters. The third-order valence-electron chi connectivity index (χ3n) is 5.49. The first-order valence-electron chi connectivity index (χ1n) is 10.9. The van der Waals surface area contributed by atoms with Gasteiger partial charge in [0, 0.05) is 23.9 Å². The number of thiocarbonyl (C=S) groups is 1. The Bertz CT molecular complexity index is 1390. The van der Waals surface area contributed by atoms with Gasteiger partial charge in [0.05, 0.1) is 10.6 Å². The molecule has 0 spiro atoms. The molecular weight excluding hydrogens is 446 g/mol. The Hall–Kier alpha value is -3.22. The van der Waals surface area contributed by atoms with Crippen LogP contribution in [-0.2, 0) is 4.79 Å². The van der Waals surface area contributed by atoms with Crippen LogP contribution in [0.15, 0.2) is 83.9 Å². The standard InChI is InChI=1S/C27H23N3OS2/c1-18(2)16-29-26(31)24(33-27(29)32)15-22-17-30(23-10-4-3-5-11-23)28-25(22)21-13-12-19-8-6-7-9-20(19)14-21/h3-15,17-18H,16H2,1-2H3/b24-15+. The highest BCUT2D eigenvalue weighted by molar-refractivity contribution is 8.26. The summed E-state index contributed by atoms with van der Waals surface area (Å²) in [5, 5.41) is 7.25. The van der Waals surface area contributed by atoms with Crippen LogP contribution in [0.25, 0.3) is 33.8 Å². The Balaban J connectivity index is 1.61. The number of fused-ring (bicyclic) bond motifs is 1. The molecule has 0 saturated carbocycles. The first-order valence-corrected chi connectivity index (χ1v) is 12.1. The van der Waals surface area contributed by atoms with Crippen LogP contribution in [0.1, 0.15) is 19.4 Å². The van der Waals surface area contributed by atoms with Crippen molar-refractivity contribution in [2.75, 3.05) is 6.54 Å². The van der Waals surface area contributed by atoms with Gasteiger partial charge in [-0.05, 0) is 41.0 Å². The van der Waals surface area contributed by atoms with Crippen LogP contribution in [0.3, 0.4) is 0 Å². The molecule has 5 rings (SSSR count). The maximum Gasteiger partial charge on any atom is 0.266 e. The van der Waals surface area contributed by atoms with Crippen molar-refractivity contribution in [3.8, 4) is 16.9 Å². The second-order valence-corrected chi connectivity index (χ2v) is 10.1. The van der Waals surface area contributed by atoms with E-state index >= 15 is 0 Å². The number of benzene rings is 3. The molecule has 0 aliphatic carbocycles. The number of amides is 1. The molecule has 0 unspecified atom stereocenters. The first kappa shape index (κ1) is 21.6. The number of carbonyl (C=O) groups is 1. The first-order chi connectivity index (χ1) is 16.0. The number of para-hydroxylation sites is 1. The lowest BCUT2D eigenvalue weighted by molar-refractivity contribution is -0.122. The van der Waals surface area contributed by atoms with Gasteiger partial charge in [0.15, 0.2) is 0 Å². The summed E-state index contributed by atoms with van der Waals surface area (Å²) >= 11 is 6.86. The molecule has 164 valence electrons. The summed E-state index contributed by atoms with van der Waals surface area (Å²) in [5.41, 5.74) is 3.69. The summed E-state index contributed by atoms with van der Waals surface area (Å²) in [5.74, 6) is 0.316. The van der Waals surface area contributed by atoms with Crippen molar-refractivity contribution in [1.82, 2.24) is 14.7 Å². The van der Waals surface area contributed by atoms with E-state index in [-0.39, 0.29) is 5.91 Å². The molecule has 1 saturated heterocycles. The van der Waals surface area contributed by atoms with Gasteiger partial charge in [-0.25, -0.2) is 4.68 Å². The van der Waals surface area contributed by atoms with Gasteiger partial charge in [-0.2, -0.15) is 5.10 Å². The fourth-order valence-corrected chi connectivity index (χ4v) is 5.20. The van der Waals surface area contributed by atoms with Crippen LogP contribution in [-0.4, -0.2) is 31.5 Å². The third-order valence-corrected chi connectivity index (χ3v) is 6.87. The highest BCUT2D eigenvalue weighted by Crippen LogP contribution is 2.35. The van der Waals surface area contributed by atoms with Crippen molar-refractivity contribution in [2.24, 2.45) is 5.92 Å². The summed E-state index contributed by atoms with van der Waals surface area (Å²) < 4.78 is 2.48. The molecule has 0 N–H and O–H groups in total. The summed E-state index contributed by atoms with van der Waals surface area (Å²) in [7, 11) is 0. The largest absolute Gasteiger partial charge is 0.293 e. The van der Waals surface area contributed by atoms with Gasteiger partial charge in [0.25, 0.3) is 5.91 Å². The van der Waals surface area contributed by atoms with Crippen LogP contribution in [0.5, 0.6) is 0 Å². The van der Waals surface area contributed by atoms with E-state index in [4.69, 9.17) is 17.3 Å². The molecule has 1 amide bonds. The molecule has 33 heavy (non-hydrogen) atoms. The number of aromatic nitrogens is 2. The number of rotatable bonds is 5. The lowest BCUT2D eigenvalue weighted by atomic mass is 10.0. The quantitative estimate of drug-likeness (QED) is 0.245. The molecule has 1 aliphatic rings. The van der Waals surface area contributed by atoms with E-state index in [9.17, 15) is 4.79 Å². The Morgan fingerprint density at radius 2 is 1.73 bits per heavy atom. The Morgan fingerprint density at radius 3 is 2.48 bits per heavy atom. The van der Waals surface area contributed by atoms with E-state index in [1.54, 1.807) is 4.90 Å². The van der Waals surface area contributed by atoms with Crippen molar-refractivity contribution in [3.63, 3.8) is 0 Å². The molecule has 1 aromatic heterocycles. The van der Waals surface area contributed by atoms with E-state index in [1.165, 1.54) is 17.1 Å². The average molecular weight is 470 g/mol. The molecule has 0 radical (unpaired) electrons. The van der Waals surface area contributed by atoms with Gasteiger partial charge < -0.3 is 0 Å². The second kappa shape index (κ2) is 8.96. The number of carbonyl (C=O) groups excluding carboxylic acids is 1. The molecule has 1 fully saturated rings. The molecule has 6 heteroatoms. The van der Waals surface area contributed by atoms with Crippen molar-refractivity contribution >= 4 is 51.1 Å². The van der Waals surface area contributed by atoms with Crippen LogP contribution < -0.4 is 0 Å². The van der Waals surface area contributed by atoms with Crippen LogP contribution >= 0.6 is 24.0 Å². The van der Waals surface area contributed by atoms with Gasteiger partial charge in [0.1, 0.15) is 10.0 Å². The number of nitrogens with zero attached hydrogens (tertiary/aromatic N) is 3. The SMILES string of the molecule is CC(C)CN1C(=O)/C(=C\c2cn(-c3ccccc3)nc2-c2ccc3ccccc3c2)SC1=S. The minimum atomic E-state index is -0.0318. The Morgan fingerprint density at radius 1 is 1.00 bits per heavy atom. The maximum absolute atomic E-state index is 13.1. The van der Waals surface area contributed by atoms with Gasteiger partial charge >= 0.3 is 0 Å². The fraction of sp³-hybridized carbons (Fsp3) is 0.148. The zero-order valence-corrected chi connectivity index (χ0v) is 20.1. The Kier molecular flexibility index (Phi) is 5.87. The Labute approximate surface area is 202 Å². The monoisotopic (exact) mass is 469 g/mol. The zero-order valence-electron chi connectivity index (χ0n) is 18.4. The zero-order chi connectivity index (χ0) is 22.9. The normalized spacial score (nSPS) is 15.4. The number of hydrogen-bond donors (Lipinski definition) is 0. The van der Waals surface area contributed by atoms with Gasteiger partial charge in [-0.1, -0.05) is 92.4 Å². The molecule has 4 nitrogen and oxygen atoms in total. The molecular formula is C27H23N3OS2. The summed E-state index contributed by atoms with van der Waals surface area (Å²) in [4.78, 5) is 15.4. The van der Waals surface area contributed by atoms with Gasteiger partial charge in [-0.3, -0.25) is 9.69 Å². The summed E-state index contributed by atoms with van der Waals surface area (Å²) in [6.45, 7) is 4.80. The van der Waals surface area contributed by atoms with Crippen molar-refractivity contribution in [3.05, 3.63) is 89.5 Å². The van der Waals surface area contributed by atoms with E-state index in [1.807, 2.05) is 59.4 Å². The van der Waals surface area contributed by atoms with Crippen LogP contribution in [0.4, 0.5) is 0 Å². The lowest BCUT2D eigenvalue weighted by Crippen LogP contribution is -2.31. The molecule has 2 heterocycles. The predicted molar refractivity (Wildman–Crippen MR) is 141 cm³/mol. The second-order valence-electron chi connectivity index (χ2n) is 8.46. The molecule has 0 bridgehead atoms. The topological polar surface area (TPSA) is 38.1 Å². The molecule has 1 aliphatic heterocycles. The maximum atomic E-state index is 13.1. The minimum Gasteiger partial charge on any atom is -0.293 e. The highest BCUT2D eigenvalue weighted by Gasteiger charge is 2.32. The minimum absolute atomic E-state index is 0.0318. The van der Waals surface area contributed by atoms with E-state index in [0.29, 0.717) is 21.7 Å². The number of thioether (sulfide) groups is 1. The predicted octanol–water partition coefficient (Wildman–Crippen LogP) is 6.55. The molecule has 4 aromatic rings. The highest BCUT2D eigenvalue weighted by atomic mass is 32.2. The van der Waals surface area contributed by atoms with Crippen molar-refractivity contribution in [2.45, 2.75) is 13.8 Å². The fourth-order valence-electron chi connectivity index (χ4n) is 3.93. The van der Waals surface area contributed by atoms with Gasteiger partial charge in [0.2, 0.25) is 0 Å². The third kappa shape index (κ3) is 4.36. The van der Waals surface area contributed by atoms with Crippen molar-refractivity contribution < 1.29 is 4.79 Å². The van der Waals surface area contributed by atoms with E-state index in [2.05, 4.69) is 44.2 Å². The smallest absolute Gasteiger partial charge is 0.266 e. The average Bonchev–Trinajstić information content (AvgIpc) is 3.36.